The molecule has 0 unspecified atom stereocenters. The van der Waals surface area contributed by atoms with Crippen LogP contribution in [0.1, 0.15) is 80.3 Å². The molecule has 0 saturated carbocycles. The number of hydrogen-bond donors (Lipinski definition) is 6. The van der Waals surface area contributed by atoms with Crippen LogP contribution in [0, 0.1) is 30.6 Å². The summed E-state index contributed by atoms with van der Waals surface area (Å²) in [5.41, 5.74) is -2.40. The third kappa shape index (κ3) is 7.51. The van der Waals surface area contributed by atoms with E-state index >= 15 is 0 Å². The molecule has 4 aliphatic rings. The van der Waals surface area contributed by atoms with E-state index < -0.39 is 112 Å². The summed E-state index contributed by atoms with van der Waals surface area (Å²) in [6.45, 7) is 11.3. The number of aliphatic hydroxyl groups excluding tert-OH is 3. The first-order chi connectivity index (χ1) is 24.9. The van der Waals surface area contributed by atoms with Gasteiger partial charge >= 0.3 is 5.97 Å². The summed E-state index contributed by atoms with van der Waals surface area (Å²) in [5.74, 6) is -8.59. The minimum absolute atomic E-state index is 0.00657. The third-order valence-electron chi connectivity index (χ3n) is 10.3. The number of phenols is 1. The number of esters is 1. The molecular formula is C38H48N2O13. The number of hydrogen-bond acceptors (Lipinski definition) is 14. The van der Waals surface area contributed by atoms with E-state index in [-0.39, 0.29) is 28.2 Å². The number of rotatable bonds is 3. The molecule has 1 amide bonds. The average Bonchev–Trinajstić information content (AvgIpc) is 3.42. The Kier molecular flexibility index (Phi) is 12.4. The molecule has 0 saturated heterocycles. The van der Waals surface area contributed by atoms with Gasteiger partial charge in [-0.3, -0.25) is 19.2 Å². The van der Waals surface area contributed by atoms with Gasteiger partial charge in [-0.05, 0) is 19.9 Å². The Morgan fingerprint density at radius 1 is 0.981 bits per heavy atom. The highest BCUT2D eigenvalue weighted by molar-refractivity contribution is 6.33. The Labute approximate surface area is 307 Å². The molecule has 3 aliphatic heterocycles. The molecule has 1 aromatic rings. The number of phenolic OH excluding ortho intramolecular Hbond substituents is 1. The summed E-state index contributed by atoms with van der Waals surface area (Å²) in [4.78, 5) is 53.5. The Bertz CT molecular complexity index is 1830. The summed E-state index contributed by atoms with van der Waals surface area (Å²) >= 11 is 0. The summed E-state index contributed by atoms with van der Waals surface area (Å²) in [7, 11) is 1.41. The van der Waals surface area contributed by atoms with E-state index in [1.165, 1.54) is 59.3 Å². The Morgan fingerprint density at radius 3 is 2.23 bits per heavy atom. The molecule has 0 aromatic heterocycles. The van der Waals surface area contributed by atoms with Crippen LogP contribution >= 0.6 is 0 Å². The van der Waals surface area contributed by atoms with Crippen LogP contribution in [-0.2, 0) is 23.8 Å². The molecule has 9 atom stereocenters. The van der Waals surface area contributed by atoms with E-state index in [9.17, 15) is 44.8 Å². The number of Topliss-reactive ketones (excluding diaryl/α,β-unsaturated/α-hetero) is 2. The predicted molar refractivity (Wildman–Crippen MR) is 189 cm³/mol. The molecular weight excluding hydrogens is 692 g/mol. The van der Waals surface area contributed by atoms with Crippen molar-refractivity contribution < 1.29 is 63.8 Å². The standard InChI is InChI=1S/C38H48N2O13/c1-16-11-10-12-17(2)37(48)39-28-23(15-41)32(46)25-26(33(28)47)31(45)21(6)35-27(25)36(40-49)38(8,53-35)51-14-13-24(50-9)18(3)34(52-22(7)42)20(5)30(44)19(4)29(16)43/h10-14,16,18-20,24,29-30,34,41,43-45,49H,15H2,1-9H3,(H,39,48)/b11-10+,14-13+,17-12-,40-36+/t16-,18+,19+,20+,24-,29-,30+,34+,38-/m0/s1. The van der Waals surface area contributed by atoms with Gasteiger partial charge < -0.3 is 49.9 Å². The number of ether oxygens (including phenoxy) is 4. The van der Waals surface area contributed by atoms with E-state index in [2.05, 4.69) is 10.5 Å². The fraction of sp³-hybridized carbons (Fsp3) is 0.500. The fourth-order valence-electron chi connectivity index (χ4n) is 7.06. The van der Waals surface area contributed by atoms with E-state index in [4.69, 9.17) is 18.9 Å². The molecule has 53 heavy (non-hydrogen) atoms. The quantitative estimate of drug-likeness (QED) is 0.149. The number of carbonyl (C=O) groups is 4. The van der Waals surface area contributed by atoms with Crippen molar-refractivity contribution >= 4 is 29.2 Å². The summed E-state index contributed by atoms with van der Waals surface area (Å²) in [5, 5.41) is 60.3. The van der Waals surface area contributed by atoms with Crippen LogP contribution in [0.5, 0.6) is 11.5 Å². The first kappa shape index (κ1) is 40.9. The first-order valence-corrected chi connectivity index (χ1v) is 17.2. The minimum Gasteiger partial charge on any atom is -0.507 e. The zero-order valence-electron chi connectivity index (χ0n) is 31.2. The lowest BCUT2D eigenvalue weighted by molar-refractivity contribution is -0.160. The number of nitrogens with zero attached hydrogens (tertiary/aromatic N) is 1. The van der Waals surface area contributed by atoms with Crippen molar-refractivity contribution in [2.75, 3.05) is 13.7 Å². The number of amides is 1. The van der Waals surface area contributed by atoms with Crippen LogP contribution < -0.4 is 10.1 Å². The van der Waals surface area contributed by atoms with E-state index in [0.29, 0.717) is 0 Å². The SMILES string of the molecule is CO[C@H]1/C=C/O[C@@]2(C)Oc3c(C)c(O)c4c(c3/C2=N\O)C(=O)C(CO)=C(NC(=O)/C(C)=C\C=C\[C@H](C)[C@H](O)[C@@H](C)[C@@H](O)[C@@H](C)[C@H](OC(C)=O)[C@@H]1C)C4=O. The molecule has 5 bridgehead atoms. The second kappa shape index (κ2) is 16.0. The number of nitrogens with one attached hydrogen (secondary N) is 1. The van der Waals surface area contributed by atoms with Gasteiger partial charge in [0.25, 0.3) is 11.7 Å². The predicted octanol–water partition coefficient (Wildman–Crippen LogP) is 2.99. The zero-order valence-corrected chi connectivity index (χ0v) is 31.2. The molecule has 5 rings (SSSR count). The van der Waals surface area contributed by atoms with Gasteiger partial charge in [0, 0.05) is 55.8 Å². The van der Waals surface area contributed by atoms with Gasteiger partial charge in [-0.2, -0.15) is 0 Å². The lowest BCUT2D eigenvalue weighted by atomic mass is 9.78. The normalized spacial score (nSPS) is 34.2. The van der Waals surface area contributed by atoms with E-state index in [0.717, 1.165) is 0 Å². The van der Waals surface area contributed by atoms with Crippen molar-refractivity contribution in [3.05, 3.63) is 69.7 Å². The fourth-order valence-corrected chi connectivity index (χ4v) is 7.06. The molecule has 15 heteroatoms. The highest BCUT2D eigenvalue weighted by atomic mass is 16.7. The van der Waals surface area contributed by atoms with Crippen molar-refractivity contribution in [3.63, 3.8) is 0 Å². The number of benzene rings is 1. The third-order valence-corrected chi connectivity index (χ3v) is 10.3. The number of ketones is 2. The van der Waals surface area contributed by atoms with Crippen LogP contribution in [-0.4, -0.2) is 98.7 Å². The van der Waals surface area contributed by atoms with Crippen molar-refractivity contribution in [3.8, 4) is 11.5 Å². The van der Waals surface area contributed by atoms with Crippen LogP contribution in [0.2, 0.25) is 0 Å². The van der Waals surface area contributed by atoms with Crippen molar-refractivity contribution in [1.29, 1.82) is 0 Å². The molecule has 0 fully saturated rings. The van der Waals surface area contributed by atoms with Gasteiger partial charge in [-0.25, -0.2) is 0 Å². The molecule has 288 valence electrons. The number of methoxy groups -OCH3 is 1. The van der Waals surface area contributed by atoms with Crippen LogP contribution in [0.3, 0.4) is 0 Å². The van der Waals surface area contributed by atoms with Crippen LogP contribution in [0.15, 0.2) is 52.6 Å². The maximum absolute atomic E-state index is 14.0. The summed E-state index contributed by atoms with van der Waals surface area (Å²) in [6.07, 6.45) is 3.26. The maximum Gasteiger partial charge on any atom is 0.302 e. The largest absolute Gasteiger partial charge is 0.507 e. The lowest BCUT2D eigenvalue weighted by Crippen LogP contribution is -2.46. The molecule has 0 spiro atoms. The molecule has 3 heterocycles. The molecule has 1 aliphatic carbocycles. The Balaban J connectivity index is 1.91. The molecule has 15 nitrogen and oxygen atoms in total. The number of aliphatic hydroxyl groups is 3. The number of oxime groups is 1. The van der Waals surface area contributed by atoms with Crippen LogP contribution in [0.25, 0.3) is 0 Å². The molecule has 0 radical (unpaired) electrons. The van der Waals surface area contributed by atoms with Gasteiger partial charge in [0.05, 0.1) is 59.1 Å². The number of carbonyl (C=O) groups excluding carboxylic acids is 4. The number of fused-ring (bicyclic) bond motifs is 14. The van der Waals surface area contributed by atoms with Crippen molar-refractivity contribution in [1.82, 2.24) is 5.32 Å². The highest BCUT2D eigenvalue weighted by Gasteiger charge is 2.51. The van der Waals surface area contributed by atoms with Gasteiger partial charge in [-0.1, -0.05) is 51.1 Å². The highest BCUT2D eigenvalue weighted by Crippen LogP contribution is 2.49. The summed E-state index contributed by atoms with van der Waals surface area (Å²) in [6, 6.07) is 0. The zero-order chi connectivity index (χ0) is 39.7. The Hall–Kier alpha value is -4.83. The van der Waals surface area contributed by atoms with Gasteiger partial charge in [0.15, 0.2) is 11.5 Å². The van der Waals surface area contributed by atoms with Gasteiger partial charge in [-0.15, -0.1) is 0 Å². The maximum atomic E-state index is 14.0. The molecule has 1 aromatic carbocycles. The number of aromatic hydroxyl groups is 1. The average molecular weight is 741 g/mol. The minimum atomic E-state index is -1.95. The van der Waals surface area contributed by atoms with Gasteiger partial charge in [0.1, 0.15) is 17.6 Å². The first-order valence-electron chi connectivity index (χ1n) is 17.2. The second-order valence-electron chi connectivity index (χ2n) is 13.9. The monoisotopic (exact) mass is 740 g/mol. The topological polar surface area (TPSA) is 231 Å². The van der Waals surface area contributed by atoms with Gasteiger partial charge in [0.2, 0.25) is 5.78 Å². The van der Waals surface area contributed by atoms with Crippen molar-refractivity contribution in [2.24, 2.45) is 28.8 Å². The van der Waals surface area contributed by atoms with Crippen LogP contribution in [0.4, 0.5) is 0 Å². The van der Waals surface area contributed by atoms with E-state index in [1.807, 2.05) is 0 Å². The second-order valence-corrected chi connectivity index (χ2v) is 13.9. The summed E-state index contributed by atoms with van der Waals surface area (Å²) < 4.78 is 23.5. The number of allylic oxidation sites excluding steroid dienone is 3. The van der Waals surface area contributed by atoms with Crippen molar-refractivity contribution in [2.45, 2.75) is 85.6 Å². The van der Waals surface area contributed by atoms with E-state index in [1.54, 1.807) is 33.8 Å². The lowest BCUT2D eigenvalue weighted by Gasteiger charge is -2.38. The smallest absolute Gasteiger partial charge is 0.302 e. The molecule has 6 N–H and O–H groups in total. The Morgan fingerprint density at radius 2 is 1.64 bits per heavy atom.